The molecule has 3 rings (SSSR count). The van der Waals surface area contributed by atoms with Crippen molar-refractivity contribution in [1.29, 1.82) is 0 Å². The smallest absolute Gasteiger partial charge is 0.128 e. The third kappa shape index (κ3) is 2.28. The minimum Gasteiger partial charge on any atom is -0.508 e. The van der Waals surface area contributed by atoms with Crippen LogP contribution in [0.4, 0.5) is 0 Å². The van der Waals surface area contributed by atoms with E-state index in [4.69, 9.17) is 4.74 Å². The summed E-state index contributed by atoms with van der Waals surface area (Å²) >= 11 is 1.45. The van der Waals surface area contributed by atoms with Gasteiger partial charge in [0, 0.05) is 0 Å². The normalized spacial score (nSPS) is 10.8. The summed E-state index contributed by atoms with van der Waals surface area (Å²) in [5.41, 5.74) is 1.38. The molecule has 0 saturated heterocycles. The van der Waals surface area contributed by atoms with E-state index >= 15 is 0 Å². The number of rotatable bonds is 3. The van der Waals surface area contributed by atoms with Crippen LogP contribution in [0, 0.1) is 0 Å². The fraction of sp³-hybridized carbons (Fsp3) is 0.133. The van der Waals surface area contributed by atoms with Gasteiger partial charge in [0.15, 0.2) is 0 Å². The second-order valence-electron chi connectivity index (χ2n) is 4.28. The van der Waals surface area contributed by atoms with Crippen LogP contribution in [-0.2, 0) is 0 Å². The van der Waals surface area contributed by atoms with E-state index in [0.717, 1.165) is 16.0 Å². The molecule has 102 valence electrons. The molecule has 0 saturated carbocycles. The van der Waals surface area contributed by atoms with Gasteiger partial charge in [-0.05, 0) is 43.3 Å². The SMILES string of the molecule is CCOc1ccc2nc(-c3cc(O)ccc3O)sc2c1. The van der Waals surface area contributed by atoms with E-state index in [0.29, 0.717) is 17.2 Å². The van der Waals surface area contributed by atoms with Crippen molar-refractivity contribution in [3.05, 3.63) is 36.4 Å². The largest absolute Gasteiger partial charge is 0.508 e. The molecule has 0 bridgehead atoms. The Labute approximate surface area is 119 Å². The first-order valence-corrected chi connectivity index (χ1v) is 7.05. The fourth-order valence-corrected chi connectivity index (χ4v) is 2.99. The first kappa shape index (κ1) is 12.7. The Hall–Kier alpha value is -2.27. The number of fused-ring (bicyclic) bond motifs is 1. The van der Waals surface area contributed by atoms with Gasteiger partial charge in [0.1, 0.15) is 22.3 Å². The van der Waals surface area contributed by atoms with Gasteiger partial charge in [-0.3, -0.25) is 0 Å². The molecule has 0 fully saturated rings. The van der Waals surface area contributed by atoms with E-state index in [1.807, 2.05) is 25.1 Å². The zero-order chi connectivity index (χ0) is 14.1. The van der Waals surface area contributed by atoms with Crippen LogP contribution < -0.4 is 4.74 Å². The molecule has 0 spiro atoms. The number of nitrogens with zero attached hydrogens (tertiary/aromatic N) is 1. The number of hydrogen-bond acceptors (Lipinski definition) is 5. The van der Waals surface area contributed by atoms with Crippen LogP contribution in [0.3, 0.4) is 0 Å². The molecule has 0 aliphatic heterocycles. The number of phenolic OH excluding ortho intramolecular Hbond substituents is 2. The molecular formula is C15H13NO3S. The molecule has 5 heteroatoms. The summed E-state index contributed by atoms with van der Waals surface area (Å²) in [5, 5.41) is 20.1. The zero-order valence-electron chi connectivity index (χ0n) is 10.8. The average Bonchev–Trinajstić information content (AvgIpc) is 2.85. The molecule has 0 aliphatic carbocycles. The van der Waals surface area contributed by atoms with Crippen LogP contribution in [0.1, 0.15) is 6.92 Å². The van der Waals surface area contributed by atoms with Crippen LogP contribution in [-0.4, -0.2) is 21.8 Å². The fourth-order valence-electron chi connectivity index (χ4n) is 1.97. The second-order valence-corrected chi connectivity index (χ2v) is 5.31. The predicted molar refractivity (Wildman–Crippen MR) is 79.6 cm³/mol. The third-order valence-electron chi connectivity index (χ3n) is 2.88. The molecule has 0 unspecified atom stereocenters. The molecule has 2 aromatic carbocycles. The minimum absolute atomic E-state index is 0.104. The Morgan fingerprint density at radius 1 is 1.15 bits per heavy atom. The summed E-state index contributed by atoms with van der Waals surface area (Å²) in [6, 6.07) is 10.1. The van der Waals surface area contributed by atoms with E-state index < -0.39 is 0 Å². The van der Waals surface area contributed by atoms with Gasteiger partial charge in [-0.15, -0.1) is 11.3 Å². The van der Waals surface area contributed by atoms with Gasteiger partial charge in [-0.1, -0.05) is 0 Å². The highest BCUT2D eigenvalue weighted by molar-refractivity contribution is 7.21. The van der Waals surface area contributed by atoms with Crippen molar-refractivity contribution in [1.82, 2.24) is 4.98 Å². The zero-order valence-corrected chi connectivity index (χ0v) is 11.6. The summed E-state index contributed by atoms with van der Waals surface area (Å²) in [6.07, 6.45) is 0. The lowest BCUT2D eigenvalue weighted by Crippen LogP contribution is -1.89. The number of benzene rings is 2. The van der Waals surface area contributed by atoms with Crippen LogP contribution in [0.15, 0.2) is 36.4 Å². The summed E-state index contributed by atoms with van der Waals surface area (Å²) in [5.74, 6) is 1.01. The minimum atomic E-state index is 0.104. The molecule has 20 heavy (non-hydrogen) atoms. The van der Waals surface area contributed by atoms with Crippen LogP contribution >= 0.6 is 11.3 Å². The van der Waals surface area contributed by atoms with Crippen molar-refractivity contribution < 1.29 is 14.9 Å². The third-order valence-corrected chi connectivity index (χ3v) is 3.93. The van der Waals surface area contributed by atoms with E-state index in [1.54, 1.807) is 0 Å². The first-order chi connectivity index (χ1) is 9.67. The lowest BCUT2D eigenvalue weighted by atomic mass is 10.2. The average molecular weight is 287 g/mol. The van der Waals surface area contributed by atoms with Gasteiger partial charge in [0.25, 0.3) is 0 Å². The lowest BCUT2D eigenvalue weighted by molar-refractivity contribution is 0.341. The predicted octanol–water partition coefficient (Wildman–Crippen LogP) is 3.77. The maximum absolute atomic E-state index is 9.88. The molecule has 3 aromatic rings. The van der Waals surface area contributed by atoms with Crippen molar-refractivity contribution in [3.63, 3.8) is 0 Å². The Bertz CT molecular complexity index is 767. The van der Waals surface area contributed by atoms with E-state index in [1.165, 1.54) is 29.5 Å². The summed E-state index contributed by atoms with van der Waals surface area (Å²) < 4.78 is 6.44. The van der Waals surface area contributed by atoms with Gasteiger partial charge in [0.05, 0.1) is 22.4 Å². The monoisotopic (exact) mass is 287 g/mol. The quantitative estimate of drug-likeness (QED) is 0.720. The Morgan fingerprint density at radius 3 is 2.80 bits per heavy atom. The highest BCUT2D eigenvalue weighted by Crippen LogP contribution is 2.37. The maximum Gasteiger partial charge on any atom is 0.128 e. The van der Waals surface area contributed by atoms with Crippen molar-refractivity contribution in [2.75, 3.05) is 6.61 Å². The molecule has 1 heterocycles. The van der Waals surface area contributed by atoms with Crippen molar-refractivity contribution >= 4 is 21.6 Å². The van der Waals surface area contributed by atoms with Gasteiger partial charge < -0.3 is 14.9 Å². The maximum atomic E-state index is 9.88. The number of aromatic hydroxyl groups is 2. The molecule has 1 aromatic heterocycles. The molecule has 4 nitrogen and oxygen atoms in total. The molecule has 0 aliphatic rings. The molecule has 2 N–H and O–H groups in total. The van der Waals surface area contributed by atoms with E-state index in [9.17, 15) is 10.2 Å². The van der Waals surface area contributed by atoms with Gasteiger partial charge in [-0.2, -0.15) is 0 Å². The van der Waals surface area contributed by atoms with Crippen molar-refractivity contribution in [2.45, 2.75) is 6.92 Å². The topological polar surface area (TPSA) is 62.6 Å². The molecular weight excluding hydrogens is 274 g/mol. The van der Waals surface area contributed by atoms with E-state index in [-0.39, 0.29) is 11.5 Å². The molecule has 0 amide bonds. The van der Waals surface area contributed by atoms with Crippen molar-refractivity contribution in [2.24, 2.45) is 0 Å². The summed E-state index contributed by atoms with van der Waals surface area (Å²) in [4.78, 5) is 4.48. The number of hydrogen-bond donors (Lipinski definition) is 2. The number of phenols is 2. The molecule has 0 atom stereocenters. The highest BCUT2D eigenvalue weighted by atomic mass is 32.1. The van der Waals surface area contributed by atoms with Gasteiger partial charge >= 0.3 is 0 Å². The van der Waals surface area contributed by atoms with Gasteiger partial charge in [0.2, 0.25) is 0 Å². The second kappa shape index (κ2) is 5.02. The standard InChI is InChI=1S/C15H13NO3S/c1-2-19-10-4-5-12-14(8-10)20-15(16-12)11-7-9(17)3-6-13(11)18/h3-8,17-18H,2H2,1H3. The highest BCUT2D eigenvalue weighted by Gasteiger charge is 2.11. The Balaban J connectivity index is 2.10. The molecule has 0 radical (unpaired) electrons. The Morgan fingerprint density at radius 2 is 2.00 bits per heavy atom. The Kier molecular flexibility index (Phi) is 3.20. The first-order valence-electron chi connectivity index (χ1n) is 6.23. The summed E-state index contributed by atoms with van der Waals surface area (Å²) in [6.45, 7) is 2.55. The van der Waals surface area contributed by atoms with E-state index in [2.05, 4.69) is 4.98 Å². The number of thiazole rings is 1. The van der Waals surface area contributed by atoms with Crippen molar-refractivity contribution in [3.8, 4) is 27.8 Å². The van der Waals surface area contributed by atoms with Gasteiger partial charge in [-0.25, -0.2) is 4.98 Å². The van der Waals surface area contributed by atoms with Crippen LogP contribution in [0.2, 0.25) is 0 Å². The number of aromatic nitrogens is 1. The van der Waals surface area contributed by atoms with Crippen LogP contribution in [0.5, 0.6) is 17.2 Å². The number of ether oxygens (including phenoxy) is 1. The lowest BCUT2D eigenvalue weighted by Gasteiger charge is -2.00. The van der Waals surface area contributed by atoms with Crippen LogP contribution in [0.25, 0.3) is 20.8 Å². The summed E-state index contributed by atoms with van der Waals surface area (Å²) in [7, 11) is 0.